The number of halogens is 1. The van der Waals surface area contributed by atoms with Gasteiger partial charge in [0.25, 0.3) is 5.91 Å². The molecule has 0 spiro atoms. The minimum Gasteiger partial charge on any atom is -0.349 e. The summed E-state index contributed by atoms with van der Waals surface area (Å²) in [5.74, 6) is -0.242. The summed E-state index contributed by atoms with van der Waals surface area (Å²) in [7, 11) is -3.05. The van der Waals surface area contributed by atoms with Gasteiger partial charge in [-0.15, -0.1) is 0 Å². The highest BCUT2D eigenvalue weighted by atomic mass is 35.5. The molecule has 1 saturated carbocycles. The molecule has 1 N–H and O–H groups in total. The number of hydrogen-bond donors (Lipinski definition) is 1. The fourth-order valence-electron chi connectivity index (χ4n) is 2.48. The minimum atomic E-state index is -3.05. The minimum absolute atomic E-state index is 0.108. The highest BCUT2D eigenvalue weighted by Crippen LogP contribution is 2.24. The van der Waals surface area contributed by atoms with Crippen molar-refractivity contribution in [2.75, 3.05) is 6.26 Å². The maximum Gasteiger partial charge on any atom is 0.251 e. The summed E-state index contributed by atoms with van der Waals surface area (Å²) in [6.07, 6.45) is 5.48. The number of rotatable bonds is 3. The highest BCUT2D eigenvalue weighted by molar-refractivity contribution is 7.91. The van der Waals surface area contributed by atoms with Crippen molar-refractivity contribution in [3.8, 4) is 0 Å². The lowest BCUT2D eigenvalue weighted by atomic mass is 9.94. The van der Waals surface area contributed by atoms with Crippen LogP contribution in [0.25, 0.3) is 0 Å². The van der Waals surface area contributed by atoms with Crippen molar-refractivity contribution in [1.82, 2.24) is 10.3 Å². The van der Waals surface area contributed by atoms with Crippen molar-refractivity contribution in [3.63, 3.8) is 0 Å². The molecule has 110 valence electrons. The predicted molar refractivity (Wildman–Crippen MR) is 77.6 cm³/mol. The van der Waals surface area contributed by atoms with Gasteiger partial charge in [0.05, 0.1) is 5.25 Å². The van der Waals surface area contributed by atoms with Gasteiger partial charge in [0.1, 0.15) is 15.0 Å². The van der Waals surface area contributed by atoms with E-state index in [-0.39, 0.29) is 22.4 Å². The van der Waals surface area contributed by atoms with Gasteiger partial charge in [-0.1, -0.05) is 18.0 Å². The molecule has 20 heavy (non-hydrogen) atoms. The van der Waals surface area contributed by atoms with Crippen LogP contribution in [0.1, 0.15) is 36.0 Å². The fourth-order valence-corrected chi connectivity index (χ4v) is 3.83. The van der Waals surface area contributed by atoms with Gasteiger partial charge in [-0.25, -0.2) is 13.4 Å². The number of carbonyl (C=O) groups excluding carboxylic acids is 1. The first kappa shape index (κ1) is 15.3. The van der Waals surface area contributed by atoms with Crippen LogP contribution in [0, 0.1) is 0 Å². The third-order valence-corrected chi connectivity index (χ3v) is 5.40. The number of nitrogens with zero attached hydrogens (tertiary/aromatic N) is 1. The van der Waals surface area contributed by atoms with Crippen molar-refractivity contribution in [2.24, 2.45) is 0 Å². The number of hydrogen-bond acceptors (Lipinski definition) is 4. The summed E-state index contributed by atoms with van der Waals surface area (Å²) >= 11 is 5.74. The van der Waals surface area contributed by atoms with E-state index in [9.17, 15) is 13.2 Å². The molecule has 1 amide bonds. The Kier molecular flexibility index (Phi) is 4.65. The van der Waals surface area contributed by atoms with Crippen molar-refractivity contribution >= 4 is 27.3 Å². The Morgan fingerprint density at radius 3 is 2.85 bits per heavy atom. The number of pyridine rings is 1. The monoisotopic (exact) mass is 316 g/mol. The van der Waals surface area contributed by atoms with Crippen LogP contribution in [0.3, 0.4) is 0 Å². The van der Waals surface area contributed by atoms with Crippen LogP contribution in [-0.4, -0.2) is 36.9 Å². The van der Waals surface area contributed by atoms with Crippen molar-refractivity contribution in [3.05, 3.63) is 29.0 Å². The third kappa shape index (κ3) is 3.93. The van der Waals surface area contributed by atoms with Crippen molar-refractivity contribution in [1.29, 1.82) is 0 Å². The molecule has 5 nitrogen and oxygen atoms in total. The van der Waals surface area contributed by atoms with Crippen LogP contribution in [0.4, 0.5) is 0 Å². The second-order valence-corrected chi connectivity index (χ2v) is 7.87. The number of nitrogens with one attached hydrogen (secondary N) is 1. The first-order chi connectivity index (χ1) is 9.36. The van der Waals surface area contributed by atoms with E-state index in [1.807, 2.05) is 0 Å². The molecular formula is C13H17ClN2O3S. The average Bonchev–Trinajstić information content (AvgIpc) is 2.38. The number of carbonyl (C=O) groups is 1. The Morgan fingerprint density at radius 1 is 1.45 bits per heavy atom. The molecule has 2 rings (SSSR count). The number of aromatic nitrogens is 1. The van der Waals surface area contributed by atoms with Crippen molar-refractivity contribution in [2.45, 2.75) is 37.0 Å². The molecule has 0 bridgehead atoms. The molecular weight excluding hydrogens is 300 g/mol. The molecule has 0 aliphatic heterocycles. The Balaban J connectivity index is 2.01. The zero-order chi connectivity index (χ0) is 14.8. The molecule has 0 aromatic carbocycles. The number of amides is 1. The molecule has 1 fully saturated rings. The van der Waals surface area contributed by atoms with Gasteiger partial charge in [-0.2, -0.15) is 0 Å². The smallest absolute Gasteiger partial charge is 0.251 e. The van der Waals surface area contributed by atoms with Crippen LogP contribution in [0.5, 0.6) is 0 Å². The standard InChI is InChI=1S/C13H17ClN2O3S/c1-20(18,19)11-4-2-3-10(8-11)16-13(17)9-5-6-15-12(14)7-9/h5-7,10-11H,2-4,8H2,1H3,(H,16,17)/t10-,11+/m0/s1. The van der Waals surface area contributed by atoms with E-state index in [0.29, 0.717) is 18.4 Å². The maximum atomic E-state index is 12.1. The fraction of sp³-hybridized carbons (Fsp3) is 0.538. The SMILES string of the molecule is CS(=O)(=O)[C@@H]1CCC[C@H](NC(=O)c2ccnc(Cl)c2)C1. The van der Waals surface area contributed by atoms with Gasteiger partial charge in [0.15, 0.2) is 0 Å². The topological polar surface area (TPSA) is 76.1 Å². The molecule has 7 heteroatoms. The van der Waals surface area contributed by atoms with E-state index in [0.717, 1.165) is 12.8 Å². The first-order valence-corrected chi connectivity index (χ1v) is 8.81. The molecule has 2 atom stereocenters. The molecule has 0 saturated heterocycles. The summed E-state index contributed by atoms with van der Waals surface area (Å²) in [6.45, 7) is 0. The summed E-state index contributed by atoms with van der Waals surface area (Å²) in [5.41, 5.74) is 0.437. The van der Waals surface area contributed by atoms with Gasteiger partial charge in [-0.3, -0.25) is 4.79 Å². The van der Waals surface area contributed by atoms with E-state index in [1.165, 1.54) is 18.5 Å². The first-order valence-electron chi connectivity index (χ1n) is 6.47. The molecule has 1 heterocycles. The quantitative estimate of drug-likeness (QED) is 0.863. The van der Waals surface area contributed by atoms with Gasteiger partial charge in [-0.05, 0) is 31.4 Å². The molecule has 1 aromatic rings. The summed E-state index contributed by atoms with van der Waals surface area (Å²) in [4.78, 5) is 15.9. The summed E-state index contributed by atoms with van der Waals surface area (Å²) in [6, 6.07) is 2.97. The van der Waals surface area contributed by atoms with Crippen LogP contribution in [-0.2, 0) is 9.84 Å². The van der Waals surface area contributed by atoms with E-state index in [1.54, 1.807) is 6.07 Å². The van der Waals surface area contributed by atoms with Crippen LogP contribution >= 0.6 is 11.6 Å². The normalized spacial score (nSPS) is 23.3. The molecule has 1 aliphatic rings. The highest BCUT2D eigenvalue weighted by Gasteiger charge is 2.29. The van der Waals surface area contributed by atoms with Gasteiger partial charge < -0.3 is 5.32 Å². The Hall–Kier alpha value is -1.14. The Labute approximate surface area is 123 Å². The van der Waals surface area contributed by atoms with Gasteiger partial charge in [0, 0.05) is 24.1 Å². The van der Waals surface area contributed by atoms with Crippen molar-refractivity contribution < 1.29 is 13.2 Å². The molecule has 0 unspecified atom stereocenters. The molecule has 1 aliphatic carbocycles. The zero-order valence-electron chi connectivity index (χ0n) is 11.2. The zero-order valence-corrected chi connectivity index (χ0v) is 12.7. The van der Waals surface area contributed by atoms with E-state index >= 15 is 0 Å². The lowest BCUT2D eigenvalue weighted by molar-refractivity contribution is 0.0928. The number of sulfone groups is 1. The Bertz CT molecular complexity index is 603. The van der Waals surface area contributed by atoms with Gasteiger partial charge >= 0.3 is 0 Å². The van der Waals surface area contributed by atoms with E-state index < -0.39 is 9.84 Å². The summed E-state index contributed by atoms with van der Waals surface area (Å²) in [5, 5.41) is 2.78. The van der Waals surface area contributed by atoms with Crippen LogP contribution in [0.2, 0.25) is 5.15 Å². The Morgan fingerprint density at radius 2 is 2.20 bits per heavy atom. The lowest BCUT2D eigenvalue weighted by Crippen LogP contribution is -2.41. The second-order valence-electron chi connectivity index (χ2n) is 5.16. The molecule has 1 aromatic heterocycles. The van der Waals surface area contributed by atoms with Crippen LogP contribution in [0.15, 0.2) is 18.3 Å². The predicted octanol–water partition coefficient (Wildman–Crippen LogP) is 1.82. The largest absolute Gasteiger partial charge is 0.349 e. The summed E-state index contributed by atoms with van der Waals surface area (Å²) < 4.78 is 23.2. The van der Waals surface area contributed by atoms with E-state index in [2.05, 4.69) is 10.3 Å². The van der Waals surface area contributed by atoms with Gasteiger partial charge in [0.2, 0.25) is 0 Å². The second kappa shape index (κ2) is 6.10. The lowest BCUT2D eigenvalue weighted by Gasteiger charge is -2.28. The average molecular weight is 317 g/mol. The van der Waals surface area contributed by atoms with Crippen LogP contribution < -0.4 is 5.32 Å². The van der Waals surface area contributed by atoms with E-state index in [4.69, 9.17) is 11.6 Å². The maximum absolute atomic E-state index is 12.1. The third-order valence-electron chi connectivity index (χ3n) is 3.56. The molecule has 0 radical (unpaired) electrons.